The quantitative estimate of drug-likeness (QED) is 0.317. The van der Waals surface area contributed by atoms with E-state index >= 15 is 0 Å². The minimum atomic E-state index is 0.321. The van der Waals surface area contributed by atoms with E-state index in [1.807, 2.05) is 18.5 Å². The Morgan fingerprint density at radius 3 is 2.68 bits per heavy atom. The van der Waals surface area contributed by atoms with Gasteiger partial charge in [-0.2, -0.15) is 0 Å². The highest BCUT2D eigenvalue weighted by molar-refractivity contribution is 5.79. The van der Waals surface area contributed by atoms with Crippen LogP contribution in [-0.2, 0) is 18.3 Å². The third-order valence-corrected chi connectivity index (χ3v) is 7.25. The van der Waals surface area contributed by atoms with Gasteiger partial charge in [0.2, 0.25) is 0 Å². The minimum absolute atomic E-state index is 0.321. The largest absolute Gasteiger partial charge is 0.382 e. The first kappa shape index (κ1) is 24.0. The molecule has 1 aliphatic heterocycles. The van der Waals surface area contributed by atoms with Gasteiger partial charge in [-0.05, 0) is 64.5 Å². The van der Waals surface area contributed by atoms with Gasteiger partial charge in [-0.3, -0.25) is 4.90 Å². The van der Waals surface area contributed by atoms with Crippen molar-refractivity contribution in [2.75, 3.05) is 39.4 Å². The number of hydrogen-bond acceptors (Lipinski definition) is 5. The molecule has 1 unspecified atom stereocenters. The van der Waals surface area contributed by atoms with E-state index in [0.717, 1.165) is 56.9 Å². The van der Waals surface area contributed by atoms with Gasteiger partial charge < -0.3 is 19.9 Å². The Bertz CT molecular complexity index is 696. The predicted octanol–water partition coefficient (Wildman–Crippen LogP) is 2.63. The van der Waals surface area contributed by atoms with Crippen LogP contribution in [0.15, 0.2) is 4.99 Å². The molecule has 176 valence electrons. The molecule has 1 saturated carbocycles. The highest BCUT2D eigenvalue weighted by atomic mass is 16.5. The predicted molar refractivity (Wildman–Crippen MR) is 125 cm³/mol. The SMILES string of the molecule is CCOCCC1(CNC(=NCc2nnc(C)n2C)NCC2CCCN2CC)CCCC1. The standard InChI is InChI=1S/C23H43N7O/c1-5-30-14-9-10-20(30)16-24-22(25-17-21-28-27-19(3)29(21)4)26-18-23(11-7-8-12-23)13-15-31-6-2/h20H,5-18H2,1-4H3,(H2,24,25,26). The maximum Gasteiger partial charge on any atom is 0.191 e. The molecule has 1 aromatic heterocycles. The van der Waals surface area contributed by atoms with Gasteiger partial charge in [0.15, 0.2) is 11.8 Å². The van der Waals surface area contributed by atoms with Gasteiger partial charge in [-0.1, -0.05) is 19.8 Å². The van der Waals surface area contributed by atoms with Gasteiger partial charge in [0, 0.05) is 39.4 Å². The fourth-order valence-electron chi connectivity index (χ4n) is 5.01. The average molecular weight is 434 g/mol. The van der Waals surface area contributed by atoms with Gasteiger partial charge in [0.1, 0.15) is 12.4 Å². The van der Waals surface area contributed by atoms with Gasteiger partial charge in [-0.15, -0.1) is 10.2 Å². The number of guanidine groups is 1. The van der Waals surface area contributed by atoms with Crippen molar-refractivity contribution in [2.24, 2.45) is 17.5 Å². The van der Waals surface area contributed by atoms with Crippen molar-refractivity contribution in [3.8, 4) is 0 Å². The van der Waals surface area contributed by atoms with Crippen molar-refractivity contribution in [1.82, 2.24) is 30.3 Å². The second kappa shape index (κ2) is 11.8. The van der Waals surface area contributed by atoms with Crippen LogP contribution < -0.4 is 10.6 Å². The van der Waals surface area contributed by atoms with E-state index in [1.54, 1.807) is 0 Å². The first-order valence-electron chi connectivity index (χ1n) is 12.3. The number of nitrogens with zero attached hydrogens (tertiary/aromatic N) is 5. The molecule has 0 radical (unpaired) electrons. The number of aromatic nitrogens is 3. The third kappa shape index (κ3) is 6.65. The summed E-state index contributed by atoms with van der Waals surface area (Å²) >= 11 is 0. The van der Waals surface area contributed by atoms with Gasteiger partial charge in [0.05, 0.1) is 0 Å². The summed E-state index contributed by atoms with van der Waals surface area (Å²) < 4.78 is 7.70. The van der Waals surface area contributed by atoms with Crippen LogP contribution in [0, 0.1) is 12.3 Å². The molecule has 1 saturated heterocycles. The van der Waals surface area contributed by atoms with Gasteiger partial charge in [0.25, 0.3) is 0 Å². The first-order chi connectivity index (χ1) is 15.1. The lowest BCUT2D eigenvalue weighted by Gasteiger charge is -2.30. The second-order valence-corrected chi connectivity index (χ2v) is 9.20. The normalized spacial score (nSPS) is 21.7. The Labute approximate surface area is 188 Å². The van der Waals surface area contributed by atoms with Crippen LogP contribution in [0.1, 0.15) is 70.4 Å². The summed E-state index contributed by atoms with van der Waals surface area (Å²) in [4.78, 5) is 7.46. The molecule has 31 heavy (non-hydrogen) atoms. The van der Waals surface area contributed by atoms with E-state index in [4.69, 9.17) is 9.73 Å². The molecule has 1 aliphatic carbocycles. The number of likely N-dealkylation sites (N-methyl/N-ethyl adjacent to an activating group) is 1. The Hall–Kier alpha value is -1.67. The van der Waals surface area contributed by atoms with Crippen LogP contribution in [0.5, 0.6) is 0 Å². The monoisotopic (exact) mass is 433 g/mol. The molecule has 2 heterocycles. The fraction of sp³-hybridized carbons (Fsp3) is 0.870. The van der Waals surface area contributed by atoms with Crippen LogP contribution in [0.2, 0.25) is 0 Å². The van der Waals surface area contributed by atoms with Gasteiger partial charge >= 0.3 is 0 Å². The van der Waals surface area contributed by atoms with Crippen molar-refractivity contribution in [2.45, 2.75) is 78.3 Å². The molecular formula is C23H43N7O. The van der Waals surface area contributed by atoms with Crippen molar-refractivity contribution < 1.29 is 4.74 Å². The third-order valence-electron chi connectivity index (χ3n) is 7.25. The zero-order valence-corrected chi connectivity index (χ0v) is 20.1. The number of hydrogen-bond donors (Lipinski definition) is 2. The minimum Gasteiger partial charge on any atom is -0.382 e. The number of aryl methyl sites for hydroxylation is 1. The van der Waals surface area contributed by atoms with E-state index in [1.165, 1.54) is 45.1 Å². The van der Waals surface area contributed by atoms with Crippen molar-refractivity contribution in [1.29, 1.82) is 0 Å². The summed E-state index contributed by atoms with van der Waals surface area (Å²) in [6.07, 6.45) is 8.85. The summed E-state index contributed by atoms with van der Waals surface area (Å²) in [6.45, 7) is 12.7. The Morgan fingerprint density at radius 2 is 2.00 bits per heavy atom. The molecule has 2 aliphatic rings. The lowest BCUT2D eigenvalue weighted by molar-refractivity contribution is 0.105. The molecule has 0 bridgehead atoms. The van der Waals surface area contributed by atoms with E-state index < -0.39 is 0 Å². The summed E-state index contributed by atoms with van der Waals surface area (Å²) in [5, 5.41) is 15.8. The van der Waals surface area contributed by atoms with Crippen LogP contribution >= 0.6 is 0 Å². The Kier molecular flexibility index (Phi) is 9.14. The maximum atomic E-state index is 5.69. The molecule has 2 fully saturated rings. The highest BCUT2D eigenvalue weighted by Gasteiger charge is 2.33. The van der Waals surface area contributed by atoms with E-state index in [9.17, 15) is 0 Å². The van der Waals surface area contributed by atoms with E-state index in [-0.39, 0.29) is 0 Å². The molecule has 3 rings (SSSR count). The van der Waals surface area contributed by atoms with Gasteiger partial charge in [-0.25, -0.2) is 4.99 Å². The molecule has 1 aromatic rings. The Balaban J connectivity index is 1.63. The number of rotatable bonds is 11. The Morgan fingerprint density at radius 1 is 1.19 bits per heavy atom. The van der Waals surface area contributed by atoms with Crippen LogP contribution in [0.4, 0.5) is 0 Å². The summed E-state index contributed by atoms with van der Waals surface area (Å²) in [5.74, 6) is 2.70. The highest BCUT2D eigenvalue weighted by Crippen LogP contribution is 2.40. The van der Waals surface area contributed by atoms with Crippen LogP contribution in [0.3, 0.4) is 0 Å². The molecule has 2 N–H and O–H groups in total. The van der Waals surface area contributed by atoms with E-state index in [0.29, 0.717) is 18.0 Å². The lowest BCUT2D eigenvalue weighted by Crippen LogP contribution is -2.47. The maximum absolute atomic E-state index is 5.69. The number of ether oxygens (including phenoxy) is 1. The number of likely N-dealkylation sites (tertiary alicyclic amines) is 1. The van der Waals surface area contributed by atoms with Crippen molar-refractivity contribution in [3.05, 3.63) is 11.6 Å². The molecule has 0 spiro atoms. The zero-order valence-electron chi connectivity index (χ0n) is 20.1. The zero-order chi connectivity index (χ0) is 22.1. The fourth-order valence-corrected chi connectivity index (χ4v) is 5.01. The first-order valence-corrected chi connectivity index (χ1v) is 12.3. The van der Waals surface area contributed by atoms with Crippen LogP contribution in [-0.4, -0.2) is 71.1 Å². The molecule has 8 heteroatoms. The summed E-state index contributed by atoms with van der Waals surface area (Å²) in [7, 11) is 2.00. The van der Waals surface area contributed by atoms with Crippen molar-refractivity contribution in [3.63, 3.8) is 0 Å². The smallest absolute Gasteiger partial charge is 0.191 e. The number of nitrogens with one attached hydrogen (secondary N) is 2. The molecule has 1 atom stereocenters. The average Bonchev–Trinajstić information content (AvgIpc) is 3.50. The molecule has 8 nitrogen and oxygen atoms in total. The lowest BCUT2D eigenvalue weighted by atomic mass is 9.83. The molecule has 0 aromatic carbocycles. The summed E-state index contributed by atoms with van der Waals surface area (Å²) in [5.41, 5.74) is 0.321. The van der Waals surface area contributed by atoms with Crippen molar-refractivity contribution >= 4 is 5.96 Å². The second-order valence-electron chi connectivity index (χ2n) is 9.20. The molecular weight excluding hydrogens is 390 g/mol. The van der Waals surface area contributed by atoms with E-state index in [2.05, 4.69) is 39.6 Å². The molecule has 0 amide bonds. The number of aliphatic imine (C=N–C) groups is 1. The van der Waals surface area contributed by atoms with Crippen LogP contribution in [0.25, 0.3) is 0 Å². The summed E-state index contributed by atoms with van der Waals surface area (Å²) in [6, 6.07) is 0.590. The topological polar surface area (TPSA) is 79.6 Å².